The molecule has 1 heterocycles. The van der Waals surface area contributed by atoms with Crippen molar-refractivity contribution in [2.75, 3.05) is 5.32 Å². The Balaban J connectivity index is 2.48. The van der Waals surface area contributed by atoms with E-state index in [9.17, 15) is 4.79 Å². The molecule has 74 valence electrons. The highest BCUT2D eigenvalue weighted by atomic mass is 16.1. The van der Waals surface area contributed by atoms with E-state index in [0.29, 0.717) is 6.41 Å². The Morgan fingerprint density at radius 3 is 2.53 bits per heavy atom. The van der Waals surface area contributed by atoms with Crippen molar-refractivity contribution >= 4 is 12.1 Å². The molecule has 0 spiro atoms. The van der Waals surface area contributed by atoms with Crippen LogP contribution in [0.3, 0.4) is 0 Å². The van der Waals surface area contributed by atoms with E-state index in [2.05, 4.69) is 10.3 Å². The monoisotopic (exact) mass is 198 g/mol. The molecule has 3 heteroatoms. The number of nitrogens with zero attached hydrogens (tertiary/aromatic N) is 1. The van der Waals surface area contributed by atoms with Crippen molar-refractivity contribution < 1.29 is 4.79 Å². The zero-order valence-corrected chi connectivity index (χ0v) is 8.05. The molecule has 1 N–H and O–H groups in total. The lowest BCUT2D eigenvalue weighted by Gasteiger charge is -2.07. The number of rotatable bonds is 3. The molecule has 2 aromatic rings. The van der Waals surface area contributed by atoms with Gasteiger partial charge in [-0.15, -0.1) is 0 Å². The van der Waals surface area contributed by atoms with Crippen LogP contribution in [0.2, 0.25) is 0 Å². The van der Waals surface area contributed by atoms with Gasteiger partial charge in [-0.1, -0.05) is 18.2 Å². The zero-order chi connectivity index (χ0) is 10.5. The molecular weight excluding hydrogens is 188 g/mol. The average molecular weight is 198 g/mol. The minimum Gasteiger partial charge on any atom is -0.328 e. The van der Waals surface area contributed by atoms with Crippen LogP contribution in [-0.4, -0.2) is 11.4 Å². The maximum atomic E-state index is 10.4. The summed E-state index contributed by atoms with van der Waals surface area (Å²) in [6.45, 7) is 0. The molecule has 15 heavy (non-hydrogen) atoms. The first kappa shape index (κ1) is 9.40. The van der Waals surface area contributed by atoms with Crippen LogP contribution in [0, 0.1) is 0 Å². The van der Waals surface area contributed by atoms with E-state index in [4.69, 9.17) is 0 Å². The van der Waals surface area contributed by atoms with Gasteiger partial charge in [-0.25, -0.2) is 0 Å². The average Bonchev–Trinajstić information content (AvgIpc) is 2.31. The molecule has 0 unspecified atom stereocenters. The third-order valence-corrected chi connectivity index (χ3v) is 2.13. The molecule has 1 aromatic carbocycles. The van der Waals surface area contributed by atoms with Crippen molar-refractivity contribution in [1.29, 1.82) is 0 Å². The smallest absolute Gasteiger partial charge is 0.211 e. The van der Waals surface area contributed by atoms with E-state index < -0.39 is 0 Å². The molecular formula is C12H10N2O. The van der Waals surface area contributed by atoms with Crippen LogP contribution in [0.5, 0.6) is 0 Å². The van der Waals surface area contributed by atoms with Gasteiger partial charge < -0.3 is 5.32 Å². The second kappa shape index (κ2) is 4.37. The molecule has 0 fully saturated rings. The van der Waals surface area contributed by atoms with Gasteiger partial charge >= 0.3 is 0 Å². The lowest BCUT2D eigenvalue weighted by atomic mass is 10.1. The fourth-order valence-corrected chi connectivity index (χ4v) is 1.46. The van der Waals surface area contributed by atoms with Gasteiger partial charge in [0.25, 0.3) is 0 Å². The molecule has 3 nitrogen and oxygen atoms in total. The number of pyridine rings is 1. The molecule has 0 radical (unpaired) electrons. The Hall–Kier alpha value is -2.16. The van der Waals surface area contributed by atoms with Gasteiger partial charge in [0.15, 0.2) is 0 Å². The first-order chi connectivity index (χ1) is 7.42. The Labute approximate surface area is 87.8 Å². The molecule has 0 aliphatic carbocycles. The highest BCUT2D eigenvalue weighted by molar-refractivity contribution is 5.84. The van der Waals surface area contributed by atoms with Crippen molar-refractivity contribution in [3.05, 3.63) is 48.8 Å². The predicted octanol–water partition coefficient (Wildman–Crippen LogP) is 2.32. The highest BCUT2D eigenvalue weighted by Crippen LogP contribution is 2.26. The number of nitrogens with one attached hydrogen (secondary N) is 1. The van der Waals surface area contributed by atoms with E-state index in [1.165, 1.54) is 0 Å². The van der Waals surface area contributed by atoms with E-state index in [1.807, 2.05) is 36.4 Å². The van der Waals surface area contributed by atoms with Gasteiger partial charge in [-0.3, -0.25) is 9.78 Å². The van der Waals surface area contributed by atoms with E-state index in [0.717, 1.165) is 16.8 Å². The summed E-state index contributed by atoms with van der Waals surface area (Å²) in [5.41, 5.74) is 2.83. The topological polar surface area (TPSA) is 42.0 Å². The lowest BCUT2D eigenvalue weighted by molar-refractivity contribution is -0.105. The third kappa shape index (κ3) is 2.02. The number of amides is 1. The summed E-state index contributed by atoms with van der Waals surface area (Å²) in [4.78, 5) is 14.4. The van der Waals surface area contributed by atoms with Crippen LogP contribution in [-0.2, 0) is 4.79 Å². The zero-order valence-electron chi connectivity index (χ0n) is 8.05. The fourth-order valence-electron chi connectivity index (χ4n) is 1.46. The van der Waals surface area contributed by atoms with Crippen LogP contribution < -0.4 is 5.32 Å². The molecule has 0 saturated heterocycles. The van der Waals surface area contributed by atoms with E-state index in [1.54, 1.807) is 12.4 Å². The minimum absolute atomic E-state index is 0.681. The third-order valence-electron chi connectivity index (χ3n) is 2.13. The minimum atomic E-state index is 0.681. The largest absolute Gasteiger partial charge is 0.328 e. The highest BCUT2D eigenvalue weighted by Gasteiger charge is 2.02. The normalized spacial score (nSPS) is 9.60. The number of carbonyl (C=O) groups excluding carboxylic acids is 1. The Morgan fingerprint density at radius 1 is 1.07 bits per heavy atom. The maximum Gasteiger partial charge on any atom is 0.211 e. The number of anilines is 1. The Kier molecular flexibility index (Phi) is 2.74. The van der Waals surface area contributed by atoms with Gasteiger partial charge in [0.05, 0.1) is 0 Å². The number of aromatic nitrogens is 1. The predicted molar refractivity (Wildman–Crippen MR) is 59.4 cm³/mol. The summed E-state index contributed by atoms with van der Waals surface area (Å²) >= 11 is 0. The maximum absolute atomic E-state index is 10.4. The summed E-state index contributed by atoms with van der Waals surface area (Å²) in [5.74, 6) is 0. The summed E-state index contributed by atoms with van der Waals surface area (Å²) in [6.07, 6.45) is 4.14. The van der Waals surface area contributed by atoms with Gasteiger partial charge in [0.1, 0.15) is 0 Å². The van der Waals surface area contributed by atoms with Crippen molar-refractivity contribution in [3.63, 3.8) is 0 Å². The SMILES string of the molecule is O=CNc1ccccc1-c1ccncc1. The lowest BCUT2D eigenvalue weighted by Crippen LogP contribution is -1.95. The number of para-hydroxylation sites is 1. The first-order valence-electron chi connectivity index (χ1n) is 4.61. The van der Waals surface area contributed by atoms with Gasteiger partial charge in [-0.05, 0) is 23.8 Å². The molecule has 0 aliphatic heterocycles. The summed E-state index contributed by atoms with van der Waals surface area (Å²) in [6, 6.07) is 11.5. The van der Waals surface area contributed by atoms with Crippen molar-refractivity contribution in [2.45, 2.75) is 0 Å². The molecule has 0 saturated carbocycles. The molecule has 0 atom stereocenters. The van der Waals surface area contributed by atoms with Crippen molar-refractivity contribution in [2.24, 2.45) is 0 Å². The van der Waals surface area contributed by atoms with Crippen molar-refractivity contribution in [3.8, 4) is 11.1 Å². The number of benzene rings is 1. The number of hydrogen-bond acceptors (Lipinski definition) is 2. The summed E-state index contributed by atoms with van der Waals surface area (Å²) in [5, 5.41) is 2.67. The van der Waals surface area contributed by atoms with Crippen LogP contribution >= 0.6 is 0 Å². The molecule has 1 aromatic heterocycles. The quantitative estimate of drug-likeness (QED) is 0.769. The summed E-state index contributed by atoms with van der Waals surface area (Å²) < 4.78 is 0. The fraction of sp³-hybridized carbons (Fsp3) is 0. The molecule has 2 rings (SSSR count). The number of hydrogen-bond donors (Lipinski definition) is 1. The van der Waals surface area contributed by atoms with Gasteiger partial charge in [0, 0.05) is 23.6 Å². The van der Waals surface area contributed by atoms with E-state index in [-0.39, 0.29) is 0 Å². The molecule has 0 bridgehead atoms. The number of carbonyl (C=O) groups is 1. The van der Waals surface area contributed by atoms with Gasteiger partial charge in [-0.2, -0.15) is 0 Å². The molecule has 0 aliphatic rings. The second-order valence-electron chi connectivity index (χ2n) is 3.04. The Morgan fingerprint density at radius 2 is 1.80 bits per heavy atom. The molecule has 1 amide bonds. The van der Waals surface area contributed by atoms with Crippen LogP contribution in [0.15, 0.2) is 48.8 Å². The summed E-state index contributed by atoms with van der Waals surface area (Å²) in [7, 11) is 0. The van der Waals surface area contributed by atoms with Crippen molar-refractivity contribution in [1.82, 2.24) is 4.98 Å². The first-order valence-corrected chi connectivity index (χ1v) is 4.61. The van der Waals surface area contributed by atoms with Gasteiger partial charge in [0.2, 0.25) is 6.41 Å². The van der Waals surface area contributed by atoms with E-state index >= 15 is 0 Å². The Bertz CT molecular complexity index is 454. The van der Waals surface area contributed by atoms with Crippen LogP contribution in [0.4, 0.5) is 5.69 Å². The van der Waals surface area contributed by atoms with Crippen LogP contribution in [0.25, 0.3) is 11.1 Å². The van der Waals surface area contributed by atoms with Crippen LogP contribution in [0.1, 0.15) is 0 Å². The second-order valence-corrected chi connectivity index (χ2v) is 3.04. The standard InChI is InChI=1S/C12H10N2O/c15-9-14-12-4-2-1-3-11(12)10-5-7-13-8-6-10/h1-9H,(H,14,15).